The second kappa shape index (κ2) is 3.74. The highest BCUT2D eigenvalue weighted by Crippen LogP contribution is 2.23. The number of aromatic nitrogens is 1. The molecule has 0 aliphatic carbocycles. The van der Waals surface area contributed by atoms with Gasteiger partial charge < -0.3 is 10.5 Å². The van der Waals surface area contributed by atoms with Gasteiger partial charge in [0.15, 0.2) is 0 Å². The monoisotopic (exact) mass is 186 g/mol. The van der Waals surface area contributed by atoms with Crippen molar-refractivity contribution in [2.75, 3.05) is 7.11 Å². The van der Waals surface area contributed by atoms with Gasteiger partial charge in [-0.2, -0.15) is 0 Å². The van der Waals surface area contributed by atoms with Crippen LogP contribution in [0.1, 0.15) is 18.5 Å². The van der Waals surface area contributed by atoms with E-state index >= 15 is 0 Å². The number of ether oxygens (including phenoxy) is 1. The number of hydrogen-bond donors (Lipinski definition) is 1. The first-order valence-corrected chi connectivity index (χ1v) is 3.98. The van der Waals surface area contributed by atoms with E-state index in [4.69, 9.17) is 22.1 Å². The molecule has 1 atom stereocenters. The molecule has 12 heavy (non-hydrogen) atoms. The summed E-state index contributed by atoms with van der Waals surface area (Å²) in [6.07, 6.45) is 1.53. The van der Waals surface area contributed by atoms with Gasteiger partial charge in [0.1, 0.15) is 0 Å². The maximum atomic E-state index is 5.74. The largest absolute Gasteiger partial charge is 0.481 e. The predicted molar refractivity (Wildman–Crippen MR) is 48.4 cm³/mol. The van der Waals surface area contributed by atoms with E-state index in [1.165, 1.54) is 6.20 Å². The van der Waals surface area contributed by atoms with Crippen LogP contribution in [0, 0.1) is 0 Å². The molecule has 0 saturated carbocycles. The minimum absolute atomic E-state index is 0.119. The molecule has 1 heterocycles. The van der Waals surface area contributed by atoms with Crippen LogP contribution in [0.4, 0.5) is 0 Å². The molecule has 4 heteroatoms. The topological polar surface area (TPSA) is 48.1 Å². The summed E-state index contributed by atoms with van der Waals surface area (Å²) < 4.78 is 5.01. The van der Waals surface area contributed by atoms with E-state index < -0.39 is 0 Å². The van der Waals surface area contributed by atoms with Crippen molar-refractivity contribution < 1.29 is 4.74 Å². The Morgan fingerprint density at radius 1 is 1.67 bits per heavy atom. The number of nitrogens with two attached hydrogens (primary N) is 1. The molecule has 0 unspecified atom stereocenters. The lowest BCUT2D eigenvalue weighted by Gasteiger charge is -2.09. The Kier molecular flexibility index (Phi) is 2.89. The maximum Gasteiger partial charge on any atom is 0.217 e. The van der Waals surface area contributed by atoms with Crippen LogP contribution in [0.25, 0.3) is 0 Å². The van der Waals surface area contributed by atoms with E-state index in [0.29, 0.717) is 10.9 Å². The molecule has 0 amide bonds. The average Bonchev–Trinajstić information content (AvgIpc) is 2.04. The fourth-order valence-corrected chi connectivity index (χ4v) is 1.11. The van der Waals surface area contributed by atoms with Crippen LogP contribution in [-0.2, 0) is 0 Å². The first kappa shape index (κ1) is 9.29. The zero-order chi connectivity index (χ0) is 9.14. The van der Waals surface area contributed by atoms with Crippen LogP contribution in [-0.4, -0.2) is 12.1 Å². The van der Waals surface area contributed by atoms with Crippen molar-refractivity contribution in [3.63, 3.8) is 0 Å². The zero-order valence-corrected chi connectivity index (χ0v) is 7.80. The molecule has 66 valence electrons. The van der Waals surface area contributed by atoms with Crippen molar-refractivity contribution in [1.29, 1.82) is 0 Å². The summed E-state index contributed by atoms with van der Waals surface area (Å²) in [7, 11) is 1.56. The molecule has 0 aliphatic rings. The lowest BCUT2D eigenvalue weighted by Crippen LogP contribution is -2.07. The van der Waals surface area contributed by atoms with Crippen LogP contribution in [0.2, 0.25) is 5.02 Å². The average molecular weight is 187 g/mol. The Labute approximate surface area is 76.5 Å². The van der Waals surface area contributed by atoms with E-state index in [1.807, 2.05) is 6.92 Å². The molecular weight excluding hydrogens is 176 g/mol. The van der Waals surface area contributed by atoms with Crippen molar-refractivity contribution in [3.8, 4) is 5.88 Å². The van der Waals surface area contributed by atoms with Crippen molar-refractivity contribution in [3.05, 3.63) is 22.8 Å². The molecule has 2 N–H and O–H groups in total. The van der Waals surface area contributed by atoms with Crippen LogP contribution < -0.4 is 10.5 Å². The van der Waals surface area contributed by atoms with Crippen LogP contribution >= 0.6 is 11.6 Å². The highest BCUT2D eigenvalue weighted by molar-refractivity contribution is 6.30. The number of halogens is 1. The summed E-state index contributed by atoms with van der Waals surface area (Å²) in [6, 6.07) is 1.64. The summed E-state index contributed by atoms with van der Waals surface area (Å²) in [5, 5.41) is 0.572. The summed E-state index contributed by atoms with van der Waals surface area (Å²) in [4.78, 5) is 3.98. The second-order valence-electron chi connectivity index (χ2n) is 2.54. The second-order valence-corrected chi connectivity index (χ2v) is 2.98. The number of methoxy groups -OCH3 is 1. The molecule has 0 saturated heterocycles. The molecule has 1 rings (SSSR count). The predicted octanol–water partition coefficient (Wildman–Crippen LogP) is 1.76. The lowest BCUT2D eigenvalue weighted by molar-refractivity contribution is 0.389. The molecule has 1 aromatic heterocycles. The van der Waals surface area contributed by atoms with Crippen LogP contribution in [0.15, 0.2) is 12.3 Å². The highest BCUT2D eigenvalue weighted by atomic mass is 35.5. The number of rotatable bonds is 2. The third kappa shape index (κ3) is 1.87. The summed E-state index contributed by atoms with van der Waals surface area (Å²) in [5.41, 5.74) is 6.50. The lowest BCUT2D eigenvalue weighted by atomic mass is 10.1. The van der Waals surface area contributed by atoms with Gasteiger partial charge in [-0.05, 0) is 13.0 Å². The van der Waals surface area contributed by atoms with Crippen molar-refractivity contribution in [2.45, 2.75) is 13.0 Å². The van der Waals surface area contributed by atoms with Crippen molar-refractivity contribution in [2.24, 2.45) is 5.73 Å². The normalized spacial score (nSPS) is 12.7. The molecule has 0 fully saturated rings. The van der Waals surface area contributed by atoms with Gasteiger partial charge in [-0.3, -0.25) is 0 Å². The first-order valence-electron chi connectivity index (χ1n) is 3.60. The Bertz CT molecular complexity index is 276. The standard InChI is InChI=1S/C8H11ClN2O/c1-5(10)7-3-6(9)4-11-8(7)12-2/h3-5H,10H2,1-2H3/t5-/m1/s1. The van der Waals surface area contributed by atoms with E-state index in [-0.39, 0.29) is 6.04 Å². The van der Waals surface area contributed by atoms with E-state index in [2.05, 4.69) is 4.98 Å². The van der Waals surface area contributed by atoms with Crippen LogP contribution in [0.3, 0.4) is 0 Å². The van der Waals surface area contributed by atoms with Gasteiger partial charge in [-0.1, -0.05) is 11.6 Å². The van der Waals surface area contributed by atoms with Crippen LogP contribution in [0.5, 0.6) is 5.88 Å². The molecule has 1 aromatic rings. The molecule has 0 bridgehead atoms. The SMILES string of the molecule is COc1ncc(Cl)cc1[C@@H](C)N. The molecule has 0 radical (unpaired) electrons. The number of hydrogen-bond acceptors (Lipinski definition) is 3. The van der Waals surface area contributed by atoms with Gasteiger partial charge in [0.25, 0.3) is 0 Å². The molecule has 3 nitrogen and oxygen atoms in total. The van der Waals surface area contributed by atoms with Gasteiger partial charge in [0.05, 0.1) is 12.1 Å². The van der Waals surface area contributed by atoms with E-state index in [9.17, 15) is 0 Å². The smallest absolute Gasteiger partial charge is 0.217 e. The maximum absolute atomic E-state index is 5.74. The summed E-state index contributed by atoms with van der Waals surface area (Å²) >= 11 is 5.74. The van der Waals surface area contributed by atoms with Crippen molar-refractivity contribution >= 4 is 11.6 Å². The van der Waals surface area contributed by atoms with E-state index in [0.717, 1.165) is 5.56 Å². The minimum Gasteiger partial charge on any atom is -0.481 e. The van der Waals surface area contributed by atoms with Gasteiger partial charge >= 0.3 is 0 Å². The van der Waals surface area contributed by atoms with Gasteiger partial charge in [0, 0.05) is 17.8 Å². The van der Waals surface area contributed by atoms with Gasteiger partial charge in [-0.15, -0.1) is 0 Å². The fraction of sp³-hybridized carbons (Fsp3) is 0.375. The number of nitrogens with zero attached hydrogens (tertiary/aromatic N) is 1. The van der Waals surface area contributed by atoms with Gasteiger partial charge in [-0.25, -0.2) is 4.98 Å². The molecule has 0 aromatic carbocycles. The first-order chi connectivity index (χ1) is 5.65. The fourth-order valence-electron chi connectivity index (χ4n) is 0.939. The molecule has 0 spiro atoms. The third-order valence-electron chi connectivity index (χ3n) is 1.53. The summed E-state index contributed by atoms with van der Waals surface area (Å²) in [5.74, 6) is 0.536. The molecular formula is C8H11ClN2O. The Morgan fingerprint density at radius 2 is 2.33 bits per heavy atom. The van der Waals surface area contributed by atoms with Gasteiger partial charge in [0.2, 0.25) is 5.88 Å². The Balaban J connectivity index is 3.12. The number of pyridine rings is 1. The Hall–Kier alpha value is -0.800. The third-order valence-corrected chi connectivity index (χ3v) is 1.74. The molecule has 0 aliphatic heterocycles. The Morgan fingerprint density at radius 3 is 2.83 bits per heavy atom. The zero-order valence-electron chi connectivity index (χ0n) is 7.04. The highest BCUT2D eigenvalue weighted by Gasteiger charge is 2.08. The van der Waals surface area contributed by atoms with Crippen molar-refractivity contribution in [1.82, 2.24) is 4.98 Å². The van der Waals surface area contributed by atoms with E-state index in [1.54, 1.807) is 13.2 Å². The summed E-state index contributed by atoms with van der Waals surface area (Å²) in [6.45, 7) is 1.86. The minimum atomic E-state index is -0.119. The quantitative estimate of drug-likeness (QED) is 0.766.